The van der Waals surface area contributed by atoms with Gasteiger partial charge in [-0.25, -0.2) is 9.67 Å². The van der Waals surface area contributed by atoms with Gasteiger partial charge in [0.25, 0.3) is 0 Å². The first kappa shape index (κ1) is 16.7. The van der Waals surface area contributed by atoms with Gasteiger partial charge >= 0.3 is 0 Å². The average Bonchev–Trinajstić information content (AvgIpc) is 3.33. The molecule has 1 aromatic carbocycles. The summed E-state index contributed by atoms with van der Waals surface area (Å²) in [4.78, 5) is 3.98. The third kappa shape index (κ3) is 4.26. The van der Waals surface area contributed by atoms with Crippen LogP contribution in [0.4, 0.5) is 0 Å². The topological polar surface area (TPSA) is 64.0 Å². The molecule has 2 N–H and O–H groups in total. The lowest BCUT2D eigenvalue weighted by Crippen LogP contribution is -2.50. The van der Waals surface area contributed by atoms with Crippen LogP contribution in [-0.2, 0) is 17.8 Å². The molecule has 3 unspecified atom stereocenters. The molecular weight excluding hydrogens is 314 g/mol. The van der Waals surface area contributed by atoms with Crippen LogP contribution in [0.1, 0.15) is 30.4 Å². The highest BCUT2D eigenvalue weighted by Gasteiger charge is 2.34. The summed E-state index contributed by atoms with van der Waals surface area (Å²) in [6.07, 6.45) is 7.21. The van der Waals surface area contributed by atoms with Crippen LogP contribution >= 0.6 is 0 Å². The van der Waals surface area contributed by atoms with E-state index in [0.717, 1.165) is 32.8 Å². The zero-order valence-corrected chi connectivity index (χ0v) is 14.6. The van der Waals surface area contributed by atoms with Gasteiger partial charge < -0.3 is 15.4 Å². The summed E-state index contributed by atoms with van der Waals surface area (Å²) in [5.74, 6) is 0.687. The molecule has 2 aliphatic rings. The van der Waals surface area contributed by atoms with E-state index in [2.05, 4.69) is 45.0 Å². The Morgan fingerprint density at radius 3 is 2.84 bits per heavy atom. The van der Waals surface area contributed by atoms with E-state index in [1.54, 1.807) is 12.7 Å². The molecule has 2 aromatic rings. The van der Waals surface area contributed by atoms with E-state index in [1.165, 1.54) is 30.4 Å². The summed E-state index contributed by atoms with van der Waals surface area (Å²) in [6.45, 7) is 4.40. The van der Waals surface area contributed by atoms with E-state index in [1.807, 2.05) is 4.68 Å². The van der Waals surface area contributed by atoms with Gasteiger partial charge in [0.15, 0.2) is 0 Å². The Bertz CT molecular complexity index is 636. The van der Waals surface area contributed by atoms with Crippen LogP contribution in [0.25, 0.3) is 0 Å². The largest absolute Gasteiger partial charge is 0.379 e. The Morgan fingerprint density at radius 1 is 1.20 bits per heavy atom. The monoisotopic (exact) mass is 341 g/mol. The van der Waals surface area contributed by atoms with E-state index in [0.29, 0.717) is 18.0 Å². The first-order chi connectivity index (χ1) is 12.4. The van der Waals surface area contributed by atoms with Crippen LogP contribution in [0.2, 0.25) is 0 Å². The molecule has 2 heterocycles. The second-order valence-corrected chi connectivity index (χ2v) is 7.13. The lowest BCUT2D eigenvalue weighted by molar-refractivity contribution is 0.0524. The van der Waals surface area contributed by atoms with Gasteiger partial charge in [-0.3, -0.25) is 0 Å². The minimum atomic E-state index is 0.513. The van der Waals surface area contributed by atoms with Gasteiger partial charge in [0, 0.05) is 25.2 Å². The van der Waals surface area contributed by atoms with E-state index in [-0.39, 0.29) is 0 Å². The first-order valence-corrected chi connectivity index (χ1v) is 9.33. The van der Waals surface area contributed by atoms with Crippen molar-refractivity contribution in [3.05, 3.63) is 48.0 Å². The third-order valence-corrected chi connectivity index (χ3v) is 5.44. The second-order valence-electron chi connectivity index (χ2n) is 7.13. The zero-order chi connectivity index (χ0) is 16.9. The number of hydrogen-bond acceptors (Lipinski definition) is 5. The van der Waals surface area contributed by atoms with Gasteiger partial charge in [0.2, 0.25) is 0 Å². The minimum absolute atomic E-state index is 0.513. The van der Waals surface area contributed by atoms with E-state index < -0.39 is 0 Å². The molecule has 0 spiro atoms. The second kappa shape index (κ2) is 8.08. The lowest BCUT2D eigenvalue weighted by Gasteiger charge is -2.33. The standard InChI is InChI=1S/C19H27N5O/c1-2-17(19-12-25-9-8-21-19)18(3-1)22-10-15-4-6-16(7-5-15)11-24-14-20-13-23-24/h4-7,13-14,17-19,21-22H,1-3,8-12H2. The molecule has 0 bridgehead atoms. The van der Waals surface area contributed by atoms with Crippen LogP contribution in [0.5, 0.6) is 0 Å². The number of benzene rings is 1. The van der Waals surface area contributed by atoms with Crippen LogP contribution in [-0.4, -0.2) is 46.6 Å². The molecule has 1 aromatic heterocycles. The van der Waals surface area contributed by atoms with Crippen LogP contribution in [0.3, 0.4) is 0 Å². The molecule has 6 heteroatoms. The summed E-state index contributed by atoms with van der Waals surface area (Å²) in [7, 11) is 0. The Balaban J connectivity index is 1.30. The van der Waals surface area contributed by atoms with Crippen molar-refractivity contribution >= 4 is 0 Å². The fourth-order valence-electron chi connectivity index (χ4n) is 4.10. The predicted octanol–water partition coefficient (Wildman–Crippen LogP) is 1.57. The highest BCUT2D eigenvalue weighted by atomic mass is 16.5. The number of nitrogens with zero attached hydrogens (tertiary/aromatic N) is 3. The van der Waals surface area contributed by atoms with E-state index >= 15 is 0 Å². The number of ether oxygens (including phenoxy) is 1. The van der Waals surface area contributed by atoms with Crippen molar-refractivity contribution in [3.8, 4) is 0 Å². The molecule has 1 saturated carbocycles. The Morgan fingerprint density at radius 2 is 2.08 bits per heavy atom. The van der Waals surface area contributed by atoms with Crippen molar-refractivity contribution in [2.75, 3.05) is 19.8 Å². The van der Waals surface area contributed by atoms with E-state index in [9.17, 15) is 0 Å². The Hall–Kier alpha value is -1.76. The number of aromatic nitrogens is 3. The summed E-state index contributed by atoms with van der Waals surface area (Å²) in [5.41, 5.74) is 2.58. The van der Waals surface area contributed by atoms with Crippen LogP contribution in [0, 0.1) is 5.92 Å². The molecule has 25 heavy (non-hydrogen) atoms. The van der Waals surface area contributed by atoms with Gasteiger partial charge in [-0.15, -0.1) is 0 Å². The maximum Gasteiger partial charge on any atom is 0.137 e. The number of hydrogen-bond donors (Lipinski definition) is 2. The molecule has 4 rings (SSSR count). The number of rotatable bonds is 6. The van der Waals surface area contributed by atoms with Crippen molar-refractivity contribution in [1.29, 1.82) is 0 Å². The minimum Gasteiger partial charge on any atom is -0.379 e. The highest BCUT2D eigenvalue weighted by Crippen LogP contribution is 2.29. The van der Waals surface area contributed by atoms with Crippen molar-refractivity contribution < 1.29 is 4.74 Å². The Labute approximate surface area is 149 Å². The smallest absolute Gasteiger partial charge is 0.137 e. The van der Waals surface area contributed by atoms with Gasteiger partial charge in [-0.1, -0.05) is 30.7 Å². The molecule has 6 nitrogen and oxygen atoms in total. The number of morpholine rings is 1. The summed E-state index contributed by atoms with van der Waals surface area (Å²) < 4.78 is 7.50. The van der Waals surface area contributed by atoms with Crippen LogP contribution < -0.4 is 10.6 Å². The average molecular weight is 341 g/mol. The van der Waals surface area contributed by atoms with Crippen LogP contribution in [0.15, 0.2) is 36.9 Å². The van der Waals surface area contributed by atoms with Crippen molar-refractivity contribution in [3.63, 3.8) is 0 Å². The first-order valence-electron chi connectivity index (χ1n) is 9.33. The summed E-state index contributed by atoms with van der Waals surface area (Å²) >= 11 is 0. The highest BCUT2D eigenvalue weighted by molar-refractivity contribution is 5.22. The molecule has 1 aliphatic heterocycles. The molecule has 1 saturated heterocycles. The molecule has 1 aliphatic carbocycles. The SMILES string of the molecule is c1ncn(Cc2ccc(CNC3CCCC3C3COCCN3)cc2)n1. The third-order valence-electron chi connectivity index (χ3n) is 5.44. The number of nitrogens with one attached hydrogen (secondary N) is 2. The maximum atomic E-state index is 5.66. The van der Waals surface area contributed by atoms with Crippen molar-refractivity contribution in [2.45, 2.75) is 44.4 Å². The fraction of sp³-hybridized carbons (Fsp3) is 0.579. The predicted molar refractivity (Wildman–Crippen MR) is 96.1 cm³/mol. The fourth-order valence-corrected chi connectivity index (χ4v) is 4.10. The van der Waals surface area contributed by atoms with Gasteiger partial charge in [-0.2, -0.15) is 5.10 Å². The van der Waals surface area contributed by atoms with Gasteiger partial charge in [0.05, 0.1) is 19.8 Å². The van der Waals surface area contributed by atoms with Gasteiger partial charge in [-0.05, 0) is 29.9 Å². The Kier molecular flexibility index (Phi) is 5.40. The molecule has 0 amide bonds. The quantitative estimate of drug-likeness (QED) is 0.835. The maximum absolute atomic E-state index is 5.66. The lowest BCUT2D eigenvalue weighted by atomic mass is 9.94. The van der Waals surface area contributed by atoms with E-state index in [4.69, 9.17) is 4.74 Å². The van der Waals surface area contributed by atoms with Crippen molar-refractivity contribution in [1.82, 2.24) is 25.4 Å². The molecule has 0 radical (unpaired) electrons. The zero-order valence-electron chi connectivity index (χ0n) is 14.6. The molecular formula is C19H27N5O. The van der Waals surface area contributed by atoms with Gasteiger partial charge in [0.1, 0.15) is 12.7 Å². The molecule has 134 valence electrons. The molecule has 3 atom stereocenters. The summed E-state index contributed by atoms with van der Waals surface area (Å²) in [5, 5.41) is 11.6. The van der Waals surface area contributed by atoms with Crippen molar-refractivity contribution in [2.24, 2.45) is 5.92 Å². The molecule has 2 fully saturated rings. The normalized spacial score (nSPS) is 26.8. The summed E-state index contributed by atoms with van der Waals surface area (Å²) in [6, 6.07) is 9.90.